The Morgan fingerprint density at radius 3 is 2.53 bits per heavy atom. The summed E-state index contributed by atoms with van der Waals surface area (Å²) in [5, 5.41) is 8.61. The highest BCUT2D eigenvalue weighted by Crippen LogP contribution is 2.30. The van der Waals surface area contributed by atoms with Crippen molar-refractivity contribution < 1.29 is 8.78 Å². The Balaban J connectivity index is 2.28. The van der Waals surface area contributed by atoms with Crippen molar-refractivity contribution in [1.82, 2.24) is 0 Å². The molecule has 0 heterocycles. The van der Waals surface area contributed by atoms with Gasteiger partial charge in [0.1, 0.15) is 11.6 Å². The Morgan fingerprint density at radius 1 is 1.06 bits per heavy atom. The minimum atomic E-state index is -0.474. The summed E-state index contributed by atoms with van der Waals surface area (Å²) in [7, 11) is 0. The fourth-order valence-corrected chi connectivity index (χ4v) is 2.18. The third-order valence-corrected chi connectivity index (χ3v) is 3.13. The van der Waals surface area contributed by atoms with Crippen molar-refractivity contribution in [3.8, 4) is 6.07 Å². The number of nitriles is 1. The predicted octanol–water partition coefficient (Wildman–Crippen LogP) is 3.99. The molecule has 0 saturated heterocycles. The highest BCUT2D eigenvalue weighted by atomic mass is 32.2. The first-order valence-corrected chi connectivity index (χ1v) is 5.64. The predicted molar refractivity (Wildman–Crippen MR) is 61.6 cm³/mol. The molecule has 84 valence electrons. The molecule has 0 atom stereocenters. The zero-order chi connectivity index (χ0) is 12.3. The maximum Gasteiger partial charge on any atom is 0.138 e. The summed E-state index contributed by atoms with van der Waals surface area (Å²) in [4.78, 5) is 0.989. The van der Waals surface area contributed by atoms with Gasteiger partial charge in [0.05, 0.1) is 11.6 Å². The second kappa shape index (κ2) is 4.98. The zero-order valence-electron chi connectivity index (χ0n) is 8.65. The molecule has 4 heteroatoms. The standard InChI is InChI=1S/C13H7F2NS/c14-10-2-1-3-11(7-10)17-13-5-4-9(8-16)6-12(13)15/h1-7H. The van der Waals surface area contributed by atoms with Gasteiger partial charge < -0.3 is 0 Å². The number of hydrogen-bond donors (Lipinski definition) is 0. The van der Waals surface area contributed by atoms with E-state index in [1.54, 1.807) is 12.1 Å². The minimum absolute atomic E-state index is 0.270. The Hall–Kier alpha value is -1.86. The van der Waals surface area contributed by atoms with E-state index < -0.39 is 5.82 Å². The molecular weight excluding hydrogens is 240 g/mol. The van der Waals surface area contributed by atoms with Crippen molar-refractivity contribution in [1.29, 1.82) is 5.26 Å². The van der Waals surface area contributed by atoms with Crippen LogP contribution in [-0.4, -0.2) is 0 Å². The topological polar surface area (TPSA) is 23.8 Å². The normalized spacial score (nSPS) is 9.94. The van der Waals surface area contributed by atoms with E-state index in [9.17, 15) is 8.78 Å². The molecule has 0 aliphatic heterocycles. The highest BCUT2D eigenvalue weighted by Gasteiger charge is 2.06. The zero-order valence-corrected chi connectivity index (χ0v) is 9.47. The quantitative estimate of drug-likeness (QED) is 0.801. The molecule has 0 spiro atoms. The molecule has 0 bridgehead atoms. The van der Waals surface area contributed by atoms with Gasteiger partial charge in [-0.25, -0.2) is 8.78 Å². The van der Waals surface area contributed by atoms with Gasteiger partial charge in [0.15, 0.2) is 0 Å². The van der Waals surface area contributed by atoms with Gasteiger partial charge in [0, 0.05) is 9.79 Å². The van der Waals surface area contributed by atoms with E-state index in [0.717, 1.165) is 11.8 Å². The van der Waals surface area contributed by atoms with E-state index >= 15 is 0 Å². The average Bonchev–Trinajstić information content (AvgIpc) is 2.32. The van der Waals surface area contributed by atoms with Crippen LogP contribution in [0.4, 0.5) is 8.78 Å². The summed E-state index contributed by atoms with van der Waals surface area (Å²) in [5.74, 6) is -0.831. The van der Waals surface area contributed by atoms with Gasteiger partial charge >= 0.3 is 0 Å². The SMILES string of the molecule is N#Cc1ccc(Sc2cccc(F)c2)c(F)c1. The van der Waals surface area contributed by atoms with Crippen molar-refractivity contribution in [2.24, 2.45) is 0 Å². The summed E-state index contributed by atoms with van der Waals surface area (Å²) in [6.07, 6.45) is 0. The van der Waals surface area contributed by atoms with Crippen LogP contribution in [0.1, 0.15) is 5.56 Å². The van der Waals surface area contributed by atoms with Crippen molar-refractivity contribution in [2.75, 3.05) is 0 Å². The molecule has 0 aliphatic carbocycles. The Labute approximate surface area is 102 Å². The second-order valence-electron chi connectivity index (χ2n) is 3.32. The number of nitrogens with zero attached hydrogens (tertiary/aromatic N) is 1. The number of rotatable bonds is 2. The van der Waals surface area contributed by atoms with Gasteiger partial charge in [0.2, 0.25) is 0 Å². The Bertz CT molecular complexity index is 590. The highest BCUT2D eigenvalue weighted by molar-refractivity contribution is 7.99. The van der Waals surface area contributed by atoms with Gasteiger partial charge in [-0.1, -0.05) is 17.8 Å². The molecule has 0 saturated carbocycles. The lowest BCUT2D eigenvalue weighted by Crippen LogP contribution is -1.84. The minimum Gasteiger partial charge on any atom is -0.207 e. The lowest BCUT2D eigenvalue weighted by molar-refractivity contribution is 0.601. The van der Waals surface area contributed by atoms with Crippen LogP contribution in [0.2, 0.25) is 0 Å². The summed E-state index contributed by atoms with van der Waals surface area (Å²) >= 11 is 1.12. The molecule has 0 fully saturated rings. The van der Waals surface area contributed by atoms with Crippen molar-refractivity contribution in [3.63, 3.8) is 0 Å². The van der Waals surface area contributed by atoms with Crippen LogP contribution in [0.5, 0.6) is 0 Å². The van der Waals surface area contributed by atoms with Gasteiger partial charge in [0.25, 0.3) is 0 Å². The first kappa shape index (κ1) is 11.6. The van der Waals surface area contributed by atoms with Crippen molar-refractivity contribution >= 4 is 11.8 Å². The van der Waals surface area contributed by atoms with Crippen LogP contribution >= 0.6 is 11.8 Å². The average molecular weight is 247 g/mol. The second-order valence-corrected chi connectivity index (χ2v) is 4.43. The number of hydrogen-bond acceptors (Lipinski definition) is 2. The third kappa shape index (κ3) is 2.83. The lowest BCUT2D eigenvalue weighted by Gasteiger charge is -2.03. The van der Waals surface area contributed by atoms with E-state index in [4.69, 9.17) is 5.26 Å². The van der Waals surface area contributed by atoms with Gasteiger partial charge in [-0.05, 0) is 36.4 Å². The Morgan fingerprint density at radius 2 is 1.88 bits per heavy atom. The fraction of sp³-hybridized carbons (Fsp3) is 0. The van der Waals surface area contributed by atoms with E-state index in [1.807, 2.05) is 6.07 Å². The van der Waals surface area contributed by atoms with Crippen LogP contribution in [0, 0.1) is 23.0 Å². The molecule has 0 radical (unpaired) electrons. The van der Waals surface area contributed by atoms with E-state index in [2.05, 4.69) is 0 Å². The maximum absolute atomic E-state index is 13.6. The molecule has 0 N–H and O–H groups in total. The summed E-state index contributed by atoms with van der Waals surface area (Å²) in [6.45, 7) is 0. The van der Waals surface area contributed by atoms with Crippen molar-refractivity contribution in [2.45, 2.75) is 9.79 Å². The van der Waals surface area contributed by atoms with Crippen LogP contribution in [0.25, 0.3) is 0 Å². The lowest BCUT2D eigenvalue weighted by atomic mass is 10.2. The summed E-state index contributed by atoms with van der Waals surface area (Å²) in [5.41, 5.74) is 0.270. The van der Waals surface area contributed by atoms with Crippen LogP contribution in [-0.2, 0) is 0 Å². The van der Waals surface area contributed by atoms with E-state index in [1.165, 1.54) is 30.3 Å². The van der Waals surface area contributed by atoms with Crippen LogP contribution in [0.15, 0.2) is 52.3 Å². The Kier molecular flexibility index (Phi) is 3.40. The smallest absolute Gasteiger partial charge is 0.138 e. The first-order valence-electron chi connectivity index (χ1n) is 4.82. The third-order valence-electron chi connectivity index (χ3n) is 2.08. The van der Waals surface area contributed by atoms with Gasteiger partial charge in [-0.15, -0.1) is 0 Å². The molecule has 2 aromatic carbocycles. The molecule has 17 heavy (non-hydrogen) atoms. The van der Waals surface area contributed by atoms with Gasteiger partial charge in [-0.3, -0.25) is 0 Å². The summed E-state index contributed by atoms with van der Waals surface area (Å²) < 4.78 is 26.5. The number of benzene rings is 2. The summed E-state index contributed by atoms with van der Waals surface area (Å²) in [6, 6.07) is 12.0. The molecule has 2 aromatic rings. The van der Waals surface area contributed by atoms with Gasteiger partial charge in [-0.2, -0.15) is 5.26 Å². The molecule has 2 rings (SSSR count). The molecule has 0 aromatic heterocycles. The fourth-order valence-electron chi connectivity index (χ4n) is 1.31. The van der Waals surface area contributed by atoms with E-state index in [0.29, 0.717) is 9.79 Å². The van der Waals surface area contributed by atoms with Crippen molar-refractivity contribution in [3.05, 3.63) is 59.7 Å². The molecule has 0 aliphatic rings. The first-order chi connectivity index (χ1) is 8.19. The van der Waals surface area contributed by atoms with Crippen LogP contribution < -0.4 is 0 Å². The van der Waals surface area contributed by atoms with E-state index in [-0.39, 0.29) is 11.4 Å². The maximum atomic E-state index is 13.6. The van der Waals surface area contributed by atoms with Crippen LogP contribution in [0.3, 0.4) is 0 Å². The molecule has 0 unspecified atom stereocenters. The largest absolute Gasteiger partial charge is 0.207 e. The molecule has 0 amide bonds. The molecule has 1 nitrogen and oxygen atoms in total. The monoisotopic (exact) mass is 247 g/mol. The number of halogens is 2. The molecular formula is C13H7F2NS.